The molecule has 0 bridgehead atoms. The zero-order valence-electron chi connectivity index (χ0n) is 27.5. The van der Waals surface area contributed by atoms with Crippen molar-refractivity contribution in [2.75, 3.05) is 0 Å². The van der Waals surface area contributed by atoms with Gasteiger partial charge in [-0.15, -0.1) is 5.46 Å². The van der Waals surface area contributed by atoms with Crippen LogP contribution in [0.5, 0.6) is 0 Å². The molecule has 1 aliphatic rings. The van der Waals surface area contributed by atoms with Gasteiger partial charge in [0.05, 0.1) is 5.41 Å². The van der Waals surface area contributed by atoms with Crippen molar-refractivity contribution >= 4 is 131 Å². The van der Waals surface area contributed by atoms with Gasteiger partial charge in [0.25, 0.3) is 0 Å². The van der Waals surface area contributed by atoms with Gasteiger partial charge in [0.15, 0.2) is 0 Å². The first-order chi connectivity index (χ1) is 22.2. The molecule has 7 aromatic rings. The zero-order chi connectivity index (χ0) is 32.1. The predicted octanol–water partition coefficient (Wildman–Crippen LogP) is -1.81. The molecular weight excluding hydrogens is 616 g/mol. The third-order valence-electron chi connectivity index (χ3n) is 11.2. The highest BCUT2D eigenvalue weighted by molar-refractivity contribution is 9.10. The number of fused-ring (bicyclic) bond motifs is 6. The average Bonchev–Trinajstić information content (AvgIpc) is 3.62. The molecular formula is C37H30B7BrO. The first-order valence-electron chi connectivity index (χ1n) is 16.2. The molecule has 0 spiro atoms. The van der Waals surface area contributed by atoms with E-state index in [1.807, 2.05) is 0 Å². The van der Waals surface area contributed by atoms with Crippen molar-refractivity contribution in [1.82, 2.24) is 0 Å². The molecule has 9 heteroatoms. The van der Waals surface area contributed by atoms with E-state index in [0.717, 1.165) is 15.6 Å². The normalized spacial score (nSPS) is 15.3. The summed E-state index contributed by atoms with van der Waals surface area (Å²) in [7, 11) is 15.7. The Morgan fingerprint density at radius 1 is 0.457 bits per heavy atom. The molecule has 1 heterocycles. The van der Waals surface area contributed by atoms with E-state index >= 15 is 0 Å². The molecule has 0 N–H and O–H groups in total. The second-order valence-electron chi connectivity index (χ2n) is 13.2. The van der Waals surface area contributed by atoms with Gasteiger partial charge in [0.2, 0.25) is 0 Å². The molecule has 0 fully saturated rings. The second kappa shape index (κ2) is 10.5. The van der Waals surface area contributed by atoms with E-state index in [1.54, 1.807) is 0 Å². The maximum Gasteiger partial charge on any atom is 0.143 e. The average molecular weight is 646 g/mol. The van der Waals surface area contributed by atoms with E-state index in [-0.39, 0.29) is 0 Å². The van der Waals surface area contributed by atoms with Gasteiger partial charge in [-0.2, -0.15) is 0 Å². The smallest absolute Gasteiger partial charge is 0.143 e. The molecule has 46 heavy (non-hydrogen) atoms. The minimum Gasteiger partial charge on any atom is -0.456 e. The zero-order valence-corrected chi connectivity index (χ0v) is 29.1. The number of hydrogen-bond donors (Lipinski definition) is 0. The van der Waals surface area contributed by atoms with Gasteiger partial charge in [0, 0.05) is 26.4 Å². The standard InChI is InChI=1S/C37H30B7BrO/c38-28-24(35-26(29(39)31(28)41)27-30(40)32(42)33(43)34(44)36(27)46-35)17-13-15-19(16-14-17)37(18-7-2-1-3-8-18)21-10-5-4-9-20(21)25-22(37)11-6-12-23(25)45/h1-16H,38-44H2. The van der Waals surface area contributed by atoms with E-state index in [2.05, 4.69) is 168 Å². The Kier molecular flexibility index (Phi) is 6.75. The first kappa shape index (κ1) is 29.5. The monoisotopic (exact) mass is 646 g/mol. The first-order valence-corrected chi connectivity index (χ1v) is 16.9. The Balaban J connectivity index is 1.42. The second-order valence-corrected chi connectivity index (χ2v) is 14.0. The highest BCUT2D eigenvalue weighted by atomic mass is 79.9. The fourth-order valence-corrected chi connectivity index (χ4v) is 8.91. The Hall–Kier alpha value is -3.95. The highest BCUT2D eigenvalue weighted by Crippen LogP contribution is 2.57. The van der Waals surface area contributed by atoms with Crippen LogP contribution in [-0.2, 0) is 5.41 Å². The molecule has 1 atom stereocenters. The van der Waals surface area contributed by atoms with Crippen molar-refractivity contribution in [1.29, 1.82) is 0 Å². The van der Waals surface area contributed by atoms with Gasteiger partial charge in [-0.05, 0) is 39.4 Å². The van der Waals surface area contributed by atoms with Gasteiger partial charge < -0.3 is 4.42 Å². The molecule has 6 aromatic carbocycles. The number of furan rings is 1. The van der Waals surface area contributed by atoms with Crippen LogP contribution in [-0.4, -0.2) is 54.9 Å². The lowest BCUT2D eigenvalue weighted by molar-refractivity contribution is 0.673. The minimum atomic E-state index is -0.439. The lowest BCUT2D eigenvalue weighted by atomic mass is 9.64. The maximum atomic E-state index is 6.92. The molecule has 8 rings (SSSR count). The molecule has 1 aliphatic carbocycles. The Labute approximate surface area is 285 Å². The summed E-state index contributed by atoms with van der Waals surface area (Å²) >= 11 is 3.92. The molecule has 212 valence electrons. The third kappa shape index (κ3) is 3.78. The van der Waals surface area contributed by atoms with Crippen molar-refractivity contribution in [3.63, 3.8) is 0 Å². The summed E-state index contributed by atoms with van der Waals surface area (Å²) in [5.74, 6) is 0. The quantitative estimate of drug-likeness (QED) is 0.207. The van der Waals surface area contributed by atoms with E-state index in [0.29, 0.717) is 0 Å². The van der Waals surface area contributed by atoms with Crippen LogP contribution in [0.1, 0.15) is 22.3 Å². The lowest BCUT2D eigenvalue weighted by Crippen LogP contribution is -2.47. The summed E-state index contributed by atoms with van der Waals surface area (Å²) in [6, 6.07) is 35.9. The Bertz CT molecular complexity index is 2400. The summed E-state index contributed by atoms with van der Waals surface area (Å²) in [5, 5.41) is 2.52. The van der Waals surface area contributed by atoms with Gasteiger partial charge >= 0.3 is 0 Å². The van der Waals surface area contributed by atoms with Crippen LogP contribution in [0.25, 0.3) is 44.2 Å². The van der Waals surface area contributed by atoms with Crippen LogP contribution >= 0.6 is 15.9 Å². The van der Waals surface area contributed by atoms with Crippen LogP contribution < -0.4 is 38.2 Å². The van der Waals surface area contributed by atoms with E-state index in [4.69, 9.17) is 4.42 Å². The van der Waals surface area contributed by atoms with Crippen molar-refractivity contribution < 1.29 is 4.42 Å². The molecule has 0 radical (unpaired) electrons. The maximum absolute atomic E-state index is 6.92. The lowest BCUT2D eigenvalue weighted by Gasteiger charge is -2.34. The Morgan fingerprint density at radius 3 is 1.74 bits per heavy atom. The third-order valence-corrected chi connectivity index (χ3v) is 11.9. The predicted molar refractivity (Wildman–Crippen MR) is 221 cm³/mol. The fraction of sp³-hybridized carbons (Fsp3) is 0.0270. The topological polar surface area (TPSA) is 13.1 Å². The van der Waals surface area contributed by atoms with Gasteiger partial charge in [-0.1, -0.05) is 140 Å². The summed E-state index contributed by atoms with van der Waals surface area (Å²) in [6.07, 6.45) is 0. The molecule has 0 saturated carbocycles. The van der Waals surface area contributed by atoms with Crippen LogP contribution in [0.15, 0.2) is 106 Å². The van der Waals surface area contributed by atoms with Crippen molar-refractivity contribution in [3.05, 3.63) is 124 Å². The molecule has 1 nitrogen and oxygen atoms in total. The highest BCUT2D eigenvalue weighted by Gasteiger charge is 2.46. The molecule has 0 amide bonds. The van der Waals surface area contributed by atoms with Crippen molar-refractivity contribution in [2.45, 2.75) is 5.41 Å². The van der Waals surface area contributed by atoms with Gasteiger partial charge in [-0.3, -0.25) is 0 Å². The fourth-order valence-electron chi connectivity index (χ4n) is 8.33. The van der Waals surface area contributed by atoms with Crippen molar-refractivity contribution in [2.24, 2.45) is 0 Å². The van der Waals surface area contributed by atoms with Crippen molar-refractivity contribution in [3.8, 4) is 22.3 Å². The number of benzene rings is 6. The Morgan fingerprint density at radius 2 is 1.02 bits per heavy atom. The summed E-state index contributed by atoms with van der Waals surface area (Å²) in [5.41, 5.74) is 20.8. The van der Waals surface area contributed by atoms with Gasteiger partial charge in [0.1, 0.15) is 66.1 Å². The number of halogens is 1. The largest absolute Gasteiger partial charge is 0.456 e. The summed E-state index contributed by atoms with van der Waals surface area (Å²) in [4.78, 5) is 0. The summed E-state index contributed by atoms with van der Waals surface area (Å²) in [6.45, 7) is 0. The molecule has 1 unspecified atom stereocenters. The summed E-state index contributed by atoms with van der Waals surface area (Å²) < 4.78 is 8.05. The van der Waals surface area contributed by atoms with Crippen LogP contribution in [0.3, 0.4) is 0 Å². The SMILES string of the molecule is Bc1c(B)c(B)c2c(oc3c(-c4ccc(C5(c6ccccc6)c6ccccc6-c6c(Br)cccc65)cc4)c(B)c(B)c(B)c32)c1B. The van der Waals surface area contributed by atoms with E-state index in [1.165, 1.54) is 93.5 Å². The van der Waals surface area contributed by atoms with E-state index < -0.39 is 5.41 Å². The van der Waals surface area contributed by atoms with Crippen LogP contribution in [0.4, 0.5) is 0 Å². The van der Waals surface area contributed by atoms with E-state index in [9.17, 15) is 0 Å². The molecule has 0 aliphatic heterocycles. The van der Waals surface area contributed by atoms with Crippen LogP contribution in [0.2, 0.25) is 0 Å². The number of hydrogen-bond acceptors (Lipinski definition) is 1. The van der Waals surface area contributed by atoms with Crippen LogP contribution in [0, 0.1) is 0 Å². The molecule has 0 saturated heterocycles. The molecule has 1 aromatic heterocycles. The minimum absolute atomic E-state index is 0.439. The number of rotatable bonds is 3. The van der Waals surface area contributed by atoms with Gasteiger partial charge in [-0.25, -0.2) is 0 Å².